The normalized spacial score (nSPS) is 11.8. The van der Waals surface area contributed by atoms with Crippen molar-refractivity contribution in [1.29, 1.82) is 0 Å². The lowest BCUT2D eigenvalue weighted by molar-refractivity contribution is -0.145. The van der Waals surface area contributed by atoms with Crippen LogP contribution >= 0.6 is 0 Å². The summed E-state index contributed by atoms with van der Waals surface area (Å²) >= 11 is 0. The van der Waals surface area contributed by atoms with Crippen LogP contribution < -0.4 is 10.9 Å². The molecular formula is C21H21N3O4. The first-order valence-corrected chi connectivity index (χ1v) is 8.96. The van der Waals surface area contributed by atoms with Crippen LogP contribution in [0.4, 0.5) is 0 Å². The Labute approximate surface area is 161 Å². The zero-order valence-electron chi connectivity index (χ0n) is 15.5. The second-order valence-electron chi connectivity index (χ2n) is 6.36. The van der Waals surface area contributed by atoms with E-state index in [4.69, 9.17) is 4.74 Å². The maximum Gasteiger partial charge on any atom is 0.328 e. The molecule has 3 rings (SSSR count). The molecule has 0 saturated carbocycles. The molecule has 0 aliphatic carbocycles. The molecule has 0 fully saturated rings. The molecule has 0 radical (unpaired) electrons. The monoisotopic (exact) mass is 379 g/mol. The fourth-order valence-corrected chi connectivity index (χ4v) is 2.92. The van der Waals surface area contributed by atoms with Gasteiger partial charge in [0.25, 0.3) is 5.56 Å². The molecule has 0 bridgehead atoms. The van der Waals surface area contributed by atoms with Crippen LogP contribution in [0.3, 0.4) is 0 Å². The van der Waals surface area contributed by atoms with Crippen LogP contribution in [0.1, 0.15) is 17.7 Å². The molecule has 2 N–H and O–H groups in total. The molecule has 1 aromatic heterocycles. The number of rotatable bonds is 7. The summed E-state index contributed by atoms with van der Waals surface area (Å²) in [4.78, 5) is 43.6. The first-order valence-electron chi connectivity index (χ1n) is 8.96. The third-order valence-corrected chi connectivity index (χ3v) is 4.36. The van der Waals surface area contributed by atoms with E-state index >= 15 is 0 Å². The molecule has 7 nitrogen and oxygen atoms in total. The van der Waals surface area contributed by atoms with Crippen molar-refractivity contribution in [3.05, 3.63) is 76.2 Å². The van der Waals surface area contributed by atoms with E-state index in [0.717, 1.165) is 5.56 Å². The lowest BCUT2D eigenvalue weighted by atomic mass is 10.1. The predicted octanol–water partition coefficient (Wildman–Crippen LogP) is 1.76. The van der Waals surface area contributed by atoms with Gasteiger partial charge in [-0.25, -0.2) is 9.78 Å². The minimum atomic E-state index is -0.789. The molecule has 7 heteroatoms. The van der Waals surface area contributed by atoms with Gasteiger partial charge in [-0.2, -0.15) is 0 Å². The number of esters is 1. The number of methoxy groups -OCH3 is 1. The first kappa shape index (κ1) is 19.3. The van der Waals surface area contributed by atoms with E-state index in [2.05, 4.69) is 15.3 Å². The number of hydrogen-bond donors (Lipinski definition) is 2. The number of amides is 1. The number of para-hydroxylation sites is 2. The van der Waals surface area contributed by atoms with Crippen molar-refractivity contribution >= 4 is 22.9 Å². The number of benzene rings is 2. The Kier molecular flexibility index (Phi) is 6.16. The molecule has 0 spiro atoms. The number of hydrogen-bond acceptors (Lipinski definition) is 5. The molecular weight excluding hydrogens is 358 g/mol. The average Bonchev–Trinajstić information content (AvgIpc) is 2.72. The Morgan fingerprint density at radius 2 is 1.82 bits per heavy atom. The van der Waals surface area contributed by atoms with Gasteiger partial charge in [-0.15, -0.1) is 0 Å². The average molecular weight is 379 g/mol. The summed E-state index contributed by atoms with van der Waals surface area (Å²) in [5.41, 5.74) is 2.18. The second kappa shape index (κ2) is 8.94. The van der Waals surface area contributed by atoms with E-state index < -0.39 is 12.0 Å². The molecule has 0 aliphatic rings. The lowest BCUT2D eigenvalue weighted by Gasteiger charge is -2.16. The van der Waals surface area contributed by atoms with Crippen LogP contribution in [0.2, 0.25) is 0 Å². The number of carbonyl (C=O) groups is 2. The highest BCUT2D eigenvalue weighted by molar-refractivity contribution is 5.84. The minimum absolute atomic E-state index is 0.0384. The van der Waals surface area contributed by atoms with Gasteiger partial charge >= 0.3 is 5.97 Å². The van der Waals surface area contributed by atoms with Gasteiger partial charge < -0.3 is 15.0 Å². The summed E-state index contributed by atoms with van der Waals surface area (Å²) in [6, 6.07) is 15.8. The number of aryl methyl sites for hydroxylation is 1. The van der Waals surface area contributed by atoms with Gasteiger partial charge in [0, 0.05) is 19.3 Å². The van der Waals surface area contributed by atoms with E-state index in [9.17, 15) is 14.4 Å². The van der Waals surface area contributed by atoms with Gasteiger partial charge in [0.15, 0.2) is 0 Å². The standard InChI is InChI=1S/C21H21N3O4/c1-28-21(27)18(13-14-7-3-2-4-8-14)23-19(25)12-11-17-20(26)24-16-10-6-5-9-15(16)22-17/h2-10,18H,11-13H2,1H3,(H,23,25)(H,24,26)/t18-/m0/s1. The molecule has 3 aromatic rings. The van der Waals surface area contributed by atoms with E-state index in [0.29, 0.717) is 17.5 Å². The smallest absolute Gasteiger partial charge is 0.328 e. The molecule has 144 valence electrons. The summed E-state index contributed by atoms with van der Waals surface area (Å²) in [6.45, 7) is 0. The van der Waals surface area contributed by atoms with Crippen molar-refractivity contribution < 1.29 is 14.3 Å². The van der Waals surface area contributed by atoms with Gasteiger partial charge in [0.1, 0.15) is 11.7 Å². The van der Waals surface area contributed by atoms with Crippen LogP contribution in [0.15, 0.2) is 59.4 Å². The number of ether oxygens (including phenoxy) is 1. The van der Waals surface area contributed by atoms with Crippen LogP contribution in [-0.4, -0.2) is 35.0 Å². The topological polar surface area (TPSA) is 101 Å². The van der Waals surface area contributed by atoms with Gasteiger partial charge in [-0.05, 0) is 17.7 Å². The summed E-state index contributed by atoms with van der Waals surface area (Å²) in [5, 5.41) is 2.69. The largest absolute Gasteiger partial charge is 0.467 e. The van der Waals surface area contributed by atoms with Crippen LogP contribution in [-0.2, 0) is 27.2 Å². The van der Waals surface area contributed by atoms with Crippen LogP contribution in [0, 0.1) is 0 Å². The van der Waals surface area contributed by atoms with E-state index in [1.165, 1.54) is 7.11 Å². The number of aromatic amines is 1. The molecule has 1 amide bonds. The molecule has 2 aromatic carbocycles. The van der Waals surface area contributed by atoms with Crippen molar-refractivity contribution in [2.45, 2.75) is 25.3 Å². The van der Waals surface area contributed by atoms with Gasteiger partial charge in [-0.3, -0.25) is 9.59 Å². The Hall–Kier alpha value is -3.48. The highest BCUT2D eigenvalue weighted by Gasteiger charge is 2.22. The molecule has 1 atom stereocenters. The molecule has 0 aliphatic heterocycles. The van der Waals surface area contributed by atoms with Crippen molar-refractivity contribution in [3.8, 4) is 0 Å². The predicted molar refractivity (Wildman–Crippen MR) is 105 cm³/mol. The molecule has 1 heterocycles. The zero-order chi connectivity index (χ0) is 19.9. The Morgan fingerprint density at radius 3 is 2.57 bits per heavy atom. The van der Waals surface area contributed by atoms with Crippen molar-refractivity contribution in [3.63, 3.8) is 0 Å². The van der Waals surface area contributed by atoms with Gasteiger partial charge in [0.05, 0.1) is 18.1 Å². The maximum atomic E-state index is 12.4. The summed E-state index contributed by atoms with van der Waals surface area (Å²) in [6.07, 6.45) is 0.538. The first-order chi connectivity index (χ1) is 13.6. The quantitative estimate of drug-likeness (QED) is 0.609. The fraction of sp³-hybridized carbons (Fsp3) is 0.238. The third-order valence-electron chi connectivity index (χ3n) is 4.36. The van der Waals surface area contributed by atoms with Crippen LogP contribution in [0.25, 0.3) is 11.0 Å². The number of nitrogens with zero attached hydrogens (tertiary/aromatic N) is 1. The molecule has 0 unspecified atom stereocenters. The number of H-pyrrole nitrogens is 1. The van der Waals surface area contributed by atoms with E-state index in [-0.39, 0.29) is 30.0 Å². The molecule has 28 heavy (non-hydrogen) atoms. The zero-order valence-corrected chi connectivity index (χ0v) is 15.5. The number of nitrogens with one attached hydrogen (secondary N) is 2. The van der Waals surface area contributed by atoms with E-state index in [1.807, 2.05) is 42.5 Å². The SMILES string of the molecule is COC(=O)[C@H](Cc1ccccc1)NC(=O)CCc1nc2ccccc2[nH]c1=O. The number of fused-ring (bicyclic) bond motifs is 1. The van der Waals surface area contributed by atoms with Crippen molar-refractivity contribution in [1.82, 2.24) is 15.3 Å². The van der Waals surface area contributed by atoms with Gasteiger partial charge in [-0.1, -0.05) is 42.5 Å². The number of aromatic nitrogens is 2. The lowest BCUT2D eigenvalue weighted by Crippen LogP contribution is -2.43. The number of carbonyl (C=O) groups excluding carboxylic acids is 2. The minimum Gasteiger partial charge on any atom is -0.467 e. The van der Waals surface area contributed by atoms with E-state index in [1.54, 1.807) is 12.1 Å². The summed E-state index contributed by atoms with van der Waals surface area (Å²) in [7, 11) is 1.28. The van der Waals surface area contributed by atoms with Crippen molar-refractivity contribution in [2.24, 2.45) is 0 Å². The Bertz CT molecular complexity index is 1030. The maximum absolute atomic E-state index is 12.4. The Morgan fingerprint density at radius 1 is 1.11 bits per heavy atom. The Balaban J connectivity index is 1.65. The highest BCUT2D eigenvalue weighted by atomic mass is 16.5. The second-order valence-corrected chi connectivity index (χ2v) is 6.36. The van der Waals surface area contributed by atoms with Crippen LogP contribution in [0.5, 0.6) is 0 Å². The fourth-order valence-electron chi connectivity index (χ4n) is 2.92. The third kappa shape index (κ3) is 4.82. The molecule has 0 saturated heterocycles. The highest BCUT2D eigenvalue weighted by Crippen LogP contribution is 2.08. The summed E-state index contributed by atoms with van der Waals surface area (Å²) < 4.78 is 4.79. The van der Waals surface area contributed by atoms with Gasteiger partial charge in [0.2, 0.25) is 5.91 Å². The van der Waals surface area contributed by atoms with Crippen molar-refractivity contribution in [2.75, 3.05) is 7.11 Å². The summed E-state index contributed by atoms with van der Waals surface area (Å²) in [5.74, 6) is -0.862.